The largest absolute Gasteiger partial charge is 0.495 e. The van der Waals surface area contributed by atoms with Crippen molar-refractivity contribution < 1.29 is 4.74 Å². The molecule has 0 bridgehead atoms. The maximum atomic E-state index is 5.29. The topological polar surface area (TPSA) is 85.1 Å². The number of methoxy groups -OCH3 is 1. The maximum Gasteiger partial charge on any atom is 0.239 e. The second kappa shape index (κ2) is 6.18. The van der Waals surface area contributed by atoms with E-state index in [1.807, 2.05) is 18.2 Å². The van der Waals surface area contributed by atoms with Gasteiger partial charge in [0.25, 0.3) is 0 Å². The van der Waals surface area contributed by atoms with Gasteiger partial charge in [0.1, 0.15) is 5.75 Å². The van der Waals surface area contributed by atoms with Gasteiger partial charge in [0, 0.05) is 10.7 Å². The molecule has 2 rings (SSSR count). The van der Waals surface area contributed by atoms with E-state index in [9.17, 15) is 0 Å². The summed E-state index contributed by atoms with van der Waals surface area (Å²) >= 11 is 6.79. The summed E-state index contributed by atoms with van der Waals surface area (Å²) in [7, 11) is 1.61. The van der Waals surface area contributed by atoms with E-state index >= 15 is 0 Å². The fourth-order valence-electron chi connectivity index (χ4n) is 1.43. The normalized spacial score (nSPS) is 10.1. The van der Waals surface area contributed by atoms with Crippen LogP contribution in [-0.4, -0.2) is 17.1 Å². The van der Waals surface area contributed by atoms with Crippen molar-refractivity contribution in [2.75, 3.05) is 17.9 Å². The van der Waals surface area contributed by atoms with Gasteiger partial charge in [0.05, 0.1) is 17.3 Å². The number of hydrogen-bond donors (Lipinski definition) is 3. The number of nitrogens with two attached hydrogens (primary N) is 1. The van der Waals surface area contributed by atoms with E-state index < -0.39 is 0 Å². The third kappa shape index (κ3) is 3.34. The van der Waals surface area contributed by atoms with Crippen LogP contribution in [0, 0.1) is 0 Å². The SMILES string of the molecule is COc1ccc(Br)cc1Nc1nc(NN)ncc1Br. The number of halogens is 2. The molecule has 0 saturated heterocycles. The Labute approximate surface area is 127 Å². The Morgan fingerprint density at radius 3 is 2.79 bits per heavy atom. The van der Waals surface area contributed by atoms with Crippen LogP contribution in [0.25, 0.3) is 0 Å². The molecule has 0 aliphatic heterocycles. The van der Waals surface area contributed by atoms with Gasteiger partial charge in [0.2, 0.25) is 5.95 Å². The fourth-order valence-corrected chi connectivity index (χ4v) is 2.08. The van der Waals surface area contributed by atoms with Crippen molar-refractivity contribution >= 4 is 49.3 Å². The van der Waals surface area contributed by atoms with E-state index in [0.29, 0.717) is 22.0 Å². The lowest BCUT2D eigenvalue weighted by atomic mass is 10.3. The molecule has 0 amide bonds. The van der Waals surface area contributed by atoms with Crippen LogP contribution in [0.2, 0.25) is 0 Å². The van der Waals surface area contributed by atoms with E-state index in [0.717, 1.165) is 10.2 Å². The number of hydrogen-bond acceptors (Lipinski definition) is 6. The molecule has 0 spiro atoms. The van der Waals surface area contributed by atoms with Crippen LogP contribution >= 0.6 is 31.9 Å². The highest BCUT2D eigenvalue weighted by molar-refractivity contribution is 9.10. The number of benzene rings is 1. The summed E-state index contributed by atoms with van der Waals surface area (Å²) < 4.78 is 6.93. The van der Waals surface area contributed by atoms with E-state index in [4.69, 9.17) is 10.6 Å². The summed E-state index contributed by atoms with van der Waals surface area (Å²) in [5, 5.41) is 3.16. The van der Waals surface area contributed by atoms with Crippen LogP contribution in [-0.2, 0) is 0 Å². The minimum atomic E-state index is 0.319. The number of anilines is 3. The van der Waals surface area contributed by atoms with Crippen LogP contribution in [0.4, 0.5) is 17.5 Å². The monoisotopic (exact) mass is 387 g/mol. The molecule has 0 fully saturated rings. The molecular weight excluding hydrogens is 378 g/mol. The first kappa shape index (κ1) is 14.0. The highest BCUT2D eigenvalue weighted by atomic mass is 79.9. The van der Waals surface area contributed by atoms with Crippen molar-refractivity contribution in [3.8, 4) is 5.75 Å². The quantitative estimate of drug-likeness (QED) is 0.551. The predicted octanol–water partition coefficient (Wildman–Crippen LogP) is 3.04. The first-order valence-corrected chi connectivity index (χ1v) is 6.82. The van der Waals surface area contributed by atoms with Crippen molar-refractivity contribution in [3.63, 3.8) is 0 Å². The second-order valence-corrected chi connectivity index (χ2v) is 5.27. The molecule has 6 nitrogen and oxygen atoms in total. The molecule has 8 heteroatoms. The van der Waals surface area contributed by atoms with Gasteiger partial charge in [-0.25, -0.2) is 10.8 Å². The van der Waals surface area contributed by atoms with Gasteiger partial charge in [-0.05, 0) is 34.1 Å². The van der Waals surface area contributed by atoms with Crippen molar-refractivity contribution in [2.24, 2.45) is 5.84 Å². The van der Waals surface area contributed by atoms with E-state index in [2.05, 4.69) is 52.6 Å². The summed E-state index contributed by atoms with van der Waals surface area (Å²) in [6.07, 6.45) is 1.61. The fraction of sp³-hybridized carbons (Fsp3) is 0.0909. The molecular formula is C11H11Br2N5O. The number of aromatic nitrogens is 2. The molecule has 0 aliphatic carbocycles. The number of rotatable bonds is 4. The van der Waals surface area contributed by atoms with Gasteiger partial charge < -0.3 is 10.1 Å². The molecule has 1 heterocycles. The molecule has 19 heavy (non-hydrogen) atoms. The Balaban J connectivity index is 2.37. The molecule has 100 valence electrons. The standard InChI is InChI=1S/C11H11Br2N5O/c1-19-9-3-2-6(12)4-8(9)16-10-7(13)5-15-11(17-10)18-14/h2-5H,14H2,1H3,(H2,15,16,17,18). The molecule has 4 N–H and O–H groups in total. The average molecular weight is 389 g/mol. The van der Waals surface area contributed by atoms with Crippen molar-refractivity contribution in [1.82, 2.24) is 9.97 Å². The van der Waals surface area contributed by atoms with Crippen molar-refractivity contribution in [1.29, 1.82) is 0 Å². The first-order valence-electron chi connectivity index (χ1n) is 5.23. The summed E-state index contributed by atoms with van der Waals surface area (Å²) in [6, 6.07) is 5.64. The Morgan fingerprint density at radius 2 is 2.11 bits per heavy atom. The number of nitrogens with one attached hydrogen (secondary N) is 2. The minimum absolute atomic E-state index is 0.319. The van der Waals surface area contributed by atoms with Crippen LogP contribution in [0.5, 0.6) is 5.75 Å². The van der Waals surface area contributed by atoms with Crippen LogP contribution in [0.1, 0.15) is 0 Å². The summed E-state index contributed by atoms with van der Waals surface area (Å²) in [6.45, 7) is 0. The molecule has 2 aromatic rings. The molecule has 0 atom stereocenters. The van der Waals surface area contributed by atoms with Crippen LogP contribution in [0.3, 0.4) is 0 Å². The van der Waals surface area contributed by atoms with Gasteiger partial charge in [-0.15, -0.1) is 0 Å². The van der Waals surface area contributed by atoms with Crippen LogP contribution < -0.4 is 21.3 Å². The third-order valence-electron chi connectivity index (χ3n) is 2.29. The van der Waals surface area contributed by atoms with E-state index in [-0.39, 0.29) is 0 Å². The zero-order valence-corrected chi connectivity index (χ0v) is 13.1. The Bertz CT molecular complexity index is 593. The summed E-state index contributed by atoms with van der Waals surface area (Å²) in [4.78, 5) is 8.20. The second-order valence-electron chi connectivity index (χ2n) is 3.50. The van der Waals surface area contributed by atoms with Gasteiger partial charge in [-0.2, -0.15) is 4.98 Å². The first-order chi connectivity index (χ1) is 9.13. The molecule has 1 aromatic carbocycles. The van der Waals surface area contributed by atoms with Gasteiger partial charge in [-0.3, -0.25) is 5.43 Å². The third-order valence-corrected chi connectivity index (χ3v) is 3.36. The molecule has 1 aromatic heterocycles. The zero-order chi connectivity index (χ0) is 13.8. The Hall–Kier alpha value is -1.38. The molecule has 0 saturated carbocycles. The summed E-state index contributed by atoms with van der Waals surface area (Å²) in [5.41, 5.74) is 3.17. The Morgan fingerprint density at radius 1 is 1.32 bits per heavy atom. The predicted molar refractivity (Wildman–Crippen MR) is 81.5 cm³/mol. The van der Waals surface area contributed by atoms with Gasteiger partial charge in [0.15, 0.2) is 5.82 Å². The van der Waals surface area contributed by atoms with Crippen molar-refractivity contribution in [2.45, 2.75) is 0 Å². The van der Waals surface area contributed by atoms with Gasteiger partial charge in [-0.1, -0.05) is 15.9 Å². The smallest absolute Gasteiger partial charge is 0.239 e. The van der Waals surface area contributed by atoms with E-state index in [1.54, 1.807) is 13.3 Å². The Kier molecular flexibility index (Phi) is 4.56. The highest BCUT2D eigenvalue weighted by Gasteiger charge is 2.09. The van der Waals surface area contributed by atoms with Crippen molar-refractivity contribution in [3.05, 3.63) is 33.3 Å². The number of nitrogens with zero attached hydrogens (tertiary/aromatic N) is 2. The van der Waals surface area contributed by atoms with Crippen LogP contribution in [0.15, 0.2) is 33.3 Å². The lowest BCUT2D eigenvalue weighted by Gasteiger charge is -2.12. The molecule has 0 unspecified atom stereocenters. The van der Waals surface area contributed by atoms with Gasteiger partial charge >= 0.3 is 0 Å². The number of hydrazine groups is 1. The lowest BCUT2D eigenvalue weighted by Crippen LogP contribution is -2.11. The zero-order valence-electron chi connectivity index (χ0n) is 9.95. The number of nitrogen functional groups attached to an aromatic ring is 1. The molecule has 0 radical (unpaired) electrons. The maximum absolute atomic E-state index is 5.29. The summed E-state index contributed by atoms with van der Waals surface area (Å²) in [5.74, 6) is 6.90. The minimum Gasteiger partial charge on any atom is -0.495 e. The molecule has 0 aliphatic rings. The highest BCUT2D eigenvalue weighted by Crippen LogP contribution is 2.32. The lowest BCUT2D eigenvalue weighted by molar-refractivity contribution is 0.416. The number of ether oxygens (including phenoxy) is 1. The average Bonchev–Trinajstić information content (AvgIpc) is 2.41. The van der Waals surface area contributed by atoms with E-state index in [1.165, 1.54) is 0 Å².